The number of thiazole rings is 1. The molecule has 0 saturated heterocycles. The maximum absolute atomic E-state index is 11.8. The van der Waals surface area contributed by atoms with Crippen LogP contribution in [0.15, 0.2) is 48.5 Å². The van der Waals surface area contributed by atoms with Crippen molar-refractivity contribution in [3.63, 3.8) is 0 Å². The predicted molar refractivity (Wildman–Crippen MR) is 104 cm³/mol. The normalized spacial score (nSPS) is 10.0. The molecule has 130 valence electrons. The lowest BCUT2D eigenvalue weighted by molar-refractivity contribution is -0.124. The lowest BCUT2D eigenvalue weighted by Crippen LogP contribution is -2.29. The summed E-state index contributed by atoms with van der Waals surface area (Å²) in [6.07, 6.45) is 0.202. The van der Waals surface area contributed by atoms with Crippen LogP contribution >= 0.6 is 11.3 Å². The van der Waals surface area contributed by atoms with Crippen molar-refractivity contribution in [2.75, 3.05) is 6.54 Å². The van der Waals surface area contributed by atoms with Crippen LogP contribution < -0.4 is 5.32 Å². The Morgan fingerprint density at radius 3 is 2.44 bits per heavy atom. The van der Waals surface area contributed by atoms with E-state index >= 15 is 0 Å². The first kappa shape index (κ1) is 18.8. The zero-order valence-corrected chi connectivity index (χ0v) is 15.5. The number of hydrogen-bond acceptors (Lipinski definition) is 4. The molecule has 0 saturated carbocycles. The SMILES string of the molecule is CC.CC(=O)CNC(=O)Cc1nc2ccc(-c3ccccc3)cc2s1. The summed E-state index contributed by atoms with van der Waals surface area (Å²) in [6.45, 7) is 5.52. The Morgan fingerprint density at radius 1 is 1.04 bits per heavy atom. The number of Topliss-reactive ketones (excluding diaryl/α,β-unsaturated/α-hetero) is 1. The van der Waals surface area contributed by atoms with Crippen molar-refractivity contribution in [2.24, 2.45) is 0 Å². The average molecular weight is 354 g/mol. The van der Waals surface area contributed by atoms with E-state index in [1.807, 2.05) is 44.2 Å². The number of amides is 1. The third-order valence-corrected chi connectivity index (χ3v) is 4.40. The summed E-state index contributed by atoms with van der Waals surface area (Å²) in [5, 5.41) is 3.35. The molecule has 2 aromatic carbocycles. The van der Waals surface area contributed by atoms with Gasteiger partial charge in [-0.1, -0.05) is 50.2 Å². The number of nitrogens with zero attached hydrogens (tertiary/aromatic N) is 1. The third kappa shape index (κ3) is 5.22. The second-order valence-corrected chi connectivity index (χ2v) is 6.43. The van der Waals surface area contributed by atoms with Crippen molar-refractivity contribution in [1.29, 1.82) is 0 Å². The van der Waals surface area contributed by atoms with Crippen molar-refractivity contribution in [3.05, 3.63) is 53.5 Å². The van der Waals surface area contributed by atoms with Gasteiger partial charge in [-0.25, -0.2) is 4.98 Å². The van der Waals surface area contributed by atoms with Gasteiger partial charge < -0.3 is 5.32 Å². The Balaban J connectivity index is 0.00000109. The zero-order valence-electron chi connectivity index (χ0n) is 14.7. The van der Waals surface area contributed by atoms with E-state index in [1.54, 1.807) is 0 Å². The van der Waals surface area contributed by atoms with Crippen molar-refractivity contribution < 1.29 is 9.59 Å². The number of aromatic nitrogens is 1. The van der Waals surface area contributed by atoms with Crippen LogP contribution in [0.2, 0.25) is 0 Å². The predicted octanol–water partition coefficient (Wildman–Crippen LogP) is 4.24. The molecule has 0 spiro atoms. The first-order valence-electron chi connectivity index (χ1n) is 8.33. The van der Waals surface area contributed by atoms with E-state index < -0.39 is 0 Å². The lowest BCUT2D eigenvalue weighted by atomic mass is 10.1. The minimum atomic E-state index is -0.178. The molecule has 0 aliphatic heterocycles. The highest BCUT2D eigenvalue weighted by molar-refractivity contribution is 7.18. The Kier molecular flexibility index (Phi) is 6.83. The van der Waals surface area contributed by atoms with Crippen molar-refractivity contribution in [2.45, 2.75) is 27.2 Å². The maximum Gasteiger partial charge on any atom is 0.227 e. The Labute approximate surface area is 151 Å². The van der Waals surface area contributed by atoms with Gasteiger partial charge in [0.2, 0.25) is 5.91 Å². The summed E-state index contributed by atoms with van der Waals surface area (Å²) >= 11 is 1.51. The van der Waals surface area contributed by atoms with Crippen molar-refractivity contribution in [3.8, 4) is 11.1 Å². The number of hydrogen-bond donors (Lipinski definition) is 1. The van der Waals surface area contributed by atoms with Gasteiger partial charge in [0.1, 0.15) is 10.8 Å². The molecule has 0 fully saturated rings. The van der Waals surface area contributed by atoms with Crippen molar-refractivity contribution >= 4 is 33.2 Å². The molecular weight excluding hydrogens is 332 g/mol. The summed E-state index contributed by atoms with van der Waals surface area (Å²) < 4.78 is 1.06. The molecule has 1 aromatic heterocycles. The quantitative estimate of drug-likeness (QED) is 0.745. The van der Waals surface area contributed by atoms with Crippen LogP contribution in [0.1, 0.15) is 25.8 Å². The number of carbonyl (C=O) groups excluding carboxylic acids is 2. The monoisotopic (exact) mass is 354 g/mol. The number of carbonyl (C=O) groups is 2. The van der Waals surface area contributed by atoms with Gasteiger partial charge in [-0.3, -0.25) is 9.59 Å². The van der Waals surface area contributed by atoms with Gasteiger partial charge in [-0.05, 0) is 30.2 Å². The maximum atomic E-state index is 11.8. The molecule has 0 aliphatic rings. The molecule has 1 heterocycles. The molecule has 0 aliphatic carbocycles. The van der Waals surface area contributed by atoms with Crippen LogP contribution in [0.4, 0.5) is 0 Å². The summed E-state index contributed by atoms with van der Waals surface area (Å²) in [7, 11) is 0. The fourth-order valence-electron chi connectivity index (χ4n) is 2.28. The largest absolute Gasteiger partial charge is 0.349 e. The van der Waals surface area contributed by atoms with Gasteiger partial charge in [0.15, 0.2) is 0 Å². The van der Waals surface area contributed by atoms with Crippen LogP contribution in [-0.2, 0) is 16.0 Å². The second kappa shape index (κ2) is 9.08. The first-order chi connectivity index (χ1) is 12.1. The van der Waals surface area contributed by atoms with Gasteiger partial charge in [-0.15, -0.1) is 11.3 Å². The average Bonchev–Trinajstić information content (AvgIpc) is 3.03. The van der Waals surface area contributed by atoms with Crippen LogP contribution in [0.3, 0.4) is 0 Å². The Bertz CT molecular complexity index is 857. The number of nitrogens with one attached hydrogen (secondary N) is 1. The summed E-state index contributed by atoms with van der Waals surface area (Å²) in [5.74, 6) is -0.238. The molecule has 3 rings (SSSR count). The van der Waals surface area contributed by atoms with Gasteiger partial charge in [0.05, 0.1) is 23.2 Å². The van der Waals surface area contributed by atoms with E-state index in [-0.39, 0.29) is 24.7 Å². The number of rotatable bonds is 5. The Hall–Kier alpha value is -2.53. The second-order valence-electron chi connectivity index (χ2n) is 5.31. The smallest absolute Gasteiger partial charge is 0.227 e. The molecule has 0 bridgehead atoms. The minimum Gasteiger partial charge on any atom is -0.349 e. The number of fused-ring (bicyclic) bond motifs is 1. The molecule has 0 unspecified atom stereocenters. The standard InChI is InChI=1S/C18H16N2O2S.C2H6/c1-12(21)11-19-17(22)10-18-20-15-8-7-14(9-16(15)23-18)13-5-3-2-4-6-13;1-2/h2-9H,10-11H2,1H3,(H,19,22);1-2H3. The molecule has 25 heavy (non-hydrogen) atoms. The summed E-state index contributed by atoms with van der Waals surface area (Å²) in [6, 6.07) is 16.3. The fourth-order valence-corrected chi connectivity index (χ4v) is 3.29. The number of benzene rings is 2. The van der Waals surface area contributed by atoms with Crippen LogP contribution in [0.5, 0.6) is 0 Å². The highest BCUT2D eigenvalue weighted by atomic mass is 32.1. The molecule has 3 aromatic rings. The van der Waals surface area contributed by atoms with Gasteiger partial charge in [-0.2, -0.15) is 0 Å². The molecule has 0 atom stereocenters. The van der Waals surface area contributed by atoms with E-state index in [1.165, 1.54) is 18.3 Å². The molecule has 1 amide bonds. The van der Waals surface area contributed by atoms with E-state index in [2.05, 4.69) is 28.5 Å². The van der Waals surface area contributed by atoms with Crippen LogP contribution in [0.25, 0.3) is 21.3 Å². The molecule has 1 N–H and O–H groups in total. The topological polar surface area (TPSA) is 59.1 Å². The van der Waals surface area contributed by atoms with E-state index in [9.17, 15) is 9.59 Å². The van der Waals surface area contributed by atoms with E-state index in [0.717, 1.165) is 26.4 Å². The van der Waals surface area contributed by atoms with Crippen LogP contribution in [-0.4, -0.2) is 23.2 Å². The highest BCUT2D eigenvalue weighted by Gasteiger charge is 2.10. The van der Waals surface area contributed by atoms with Gasteiger partial charge in [0, 0.05) is 0 Å². The molecular formula is C20H22N2O2S. The highest BCUT2D eigenvalue weighted by Crippen LogP contribution is 2.28. The van der Waals surface area contributed by atoms with Gasteiger partial charge in [0.25, 0.3) is 0 Å². The lowest BCUT2D eigenvalue weighted by Gasteiger charge is -2.00. The molecule has 5 heteroatoms. The summed E-state index contributed by atoms with van der Waals surface area (Å²) in [5.41, 5.74) is 3.18. The van der Waals surface area contributed by atoms with E-state index in [0.29, 0.717) is 0 Å². The van der Waals surface area contributed by atoms with Crippen LogP contribution in [0, 0.1) is 0 Å². The summed E-state index contributed by atoms with van der Waals surface area (Å²) in [4.78, 5) is 27.2. The minimum absolute atomic E-state index is 0.0600. The zero-order chi connectivity index (χ0) is 18.2. The first-order valence-corrected chi connectivity index (χ1v) is 9.14. The third-order valence-electron chi connectivity index (χ3n) is 3.39. The fraction of sp³-hybridized carbons (Fsp3) is 0.250. The number of ketones is 1. The molecule has 0 radical (unpaired) electrons. The molecule has 4 nitrogen and oxygen atoms in total. The Morgan fingerprint density at radius 2 is 1.76 bits per heavy atom. The van der Waals surface area contributed by atoms with Gasteiger partial charge >= 0.3 is 0 Å². The van der Waals surface area contributed by atoms with E-state index in [4.69, 9.17) is 0 Å². The van der Waals surface area contributed by atoms with Crippen molar-refractivity contribution in [1.82, 2.24) is 10.3 Å².